The van der Waals surface area contributed by atoms with Crippen molar-refractivity contribution < 1.29 is 9.53 Å². The zero-order valence-electron chi connectivity index (χ0n) is 21.1. The molecule has 2 N–H and O–H groups in total. The topological polar surface area (TPSA) is 94.0 Å². The van der Waals surface area contributed by atoms with E-state index in [-0.39, 0.29) is 12.3 Å². The van der Waals surface area contributed by atoms with E-state index in [1.54, 1.807) is 6.20 Å². The highest BCUT2D eigenvalue weighted by molar-refractivity contribution is 5.93. The summed E-state index contributed by atoms with van der Waals surface area (Å²) in [5.74, 6) is 2.69. The van der Waals surface area contributed by atoms with Crippen LogP contribution in [-0.4, -0.2) is 38.8 Å². The van der Waals surface area contributed by atoms with E-state index < -0.39 is 0 Å². The average Bonchev–Trinajstić information content (AvgIpc) is 3.35. The number of nitrogens with zero attached hydrogens (tertiary/aromatic N) is 4. The molecule has 0 aliphatic rings. The lowest BCUT2D eigenvalue weighted by molar-refractivity contribution is -0.120. The molecule has 0 saturated carbocycles. The van der Waals surface area contributed by atoms with Gasteiger partial charge in [-0.15, -0.1) is 10.2 Å². The van der Waals surface area contributed by atoms with Crippen molar-refractivity contribution in [1.29, 1.82) is 0 Å². The summed E-state index contributed by atoms with van der Waals surface area (Å²) in [6.07, 6.45) is 3.97. The van der Waals surface area contributed by atoms with Crippen LogP contribution in [-0.2, 0) is 11.2 Å². The number of fused-ring (bicyclic) bond motifs is 2. The molecule has 0 aliphatic carbocycles. The molecule has 3 heterocycles. The van der Waals surface area contributed by atoms with Gasteiger partial charge in [0.1, 0.15) is 18.2 Å². The van der Waals surface area contributed by atoms with E-state index in [0.29, 0.717) is 24.8 Å². The number of aromatic nitrogens is 4. The van der Waals surface area contributed by atoms with Gasteiger partial charge in [0.2, 0.25) is 5.91 Å². The lowest BCUT2D eigenvalue weighted by Crippen LogP contribution is -2.29. The maximum absolute atomic E-state index is 12.7. The number of benzene rings is 3. The number of ether oxygens (including phenoxy) is 1. The van der Waals surface area contributed by atoms with Gasteiger partial charge in [0.15, 0.2) is 11.6 Å². The van der Waals surface area contributed by atoms with E-state index in [4.69, 9.17) is 4.74 Å². The van der Waals surface area contributed by atoms with E-state index >= 15 is 0 Å². The molecule has 8 nitrogen and oxygen atoms in total. The predicted octanol–water partition coefficient (Wildman–Crippen LogP) is 5.45. The Bertz CT molecular complexity index is 1730. The first-order chi connectivity index (χ1) is 19.2. The Kier molecular flexibility index (Phi) is 6.81. The Balaban J connectivity index is 1.16. The third-order valence-electron chi connectivity index (χ3n) is 6.40. The first-order valence-electron chi connectivity index (χ1n) is 12.7. The normalized spacial score (nSPS) is 11.0. The van der Waals surface area contributed by atoms with Gasteiger partial charge in [0, 0.05) is 23.2 Å². The van der Waals surface area contributed by atoms with Gasteiger partial charge >= 0.3 is 0 Å². The zero-order valence-corrected chi connectivity index (χ0v) is 21.1. The Morgan fingerprint density at radius 1 is 0.821 bits per heavy atom. The van der Waals surface area contributed by atoms with Crippen molar-refractivity contribution in [3.8, 4) is 11.6 Å². The number of carbonyl (C=O) groups is 1. The van der Waals surface area contributed by atoms with Crippen LogP contribution < -0.4 is 15.4 Å². The number of pyridine rings is 1. The van der Waals surface area contributed by atoms with Gasteiger partial charge in [-0.1, -0.05) is 60.7 Å². The minimum absolute atomic E-state index is 0.0669. The van der Waals surface area contributed by atoms with E-state index in [9.17, 15) is 4.79 Å². The summed E-state index contributed by atoms with van der Waals surface area (Å²) in [6, 6.07) is 31.3. The third-order valence-corrected chi connectivity index (χ3v) is 6.40. The minimum Gasteiger partial charge on any atom is -0.492 e. The summed E-state index contributed by atoms with van der Waals surface area (Å²) in [5.41, 5.74) is 1.87. The third kappa shape index (κ3) is 5.40. The quantitative estimate of drug-likeness (QED) is 0.249. The zero-order chi connectivity index (χ0) is 26.4. The second-order valence-corrected chi connectivity index (χ2v) is 9.01. The van der Waals surface area contributed by atoms with Gasteiger partial charge in [-0.2, -0.15) is 0 Å². The number of carbonyl (C=O) groups excluding carboxylic acids is 1. The van der Waals surface area contributed by atoms with E-state index in [2.05, 4.69) is 25.8 Å². The summed E-state index contributed by atoms with van der Waals surface area (Å²) in [6.45, 7) is 0.833. The highest BCUT2D eigenvalue weighted by atomic mass is 16.5. The highest BCUT2D eigenvalue weighted by Gasteiger charge is 2.14. The second kappa shape index (κ2) is 11.0. The molecular weight excluding hydrogens is 488 g/mol. The molecular formula is C31H26N6O2. The lowest BCUT2D eigenvalue weighted by Gasteiger charge is -2.08. The Morgan fingerprint density at radius 2 is 1.62 bits per heavy atom. The van der Waals surface area contributed by atoms with Crippen LogP contribution in [0.4, 0.5) is 11.6 Å². The van der Waals surface area contributed by atoms with Crippen molar-refractivity contribution in [2.24, 2.45) is 0 Å². The molecule has 192 valence electrons. The molecule has 0 bridgehead atoms. The van der Waals surface area contributed by atoms with Gasteiger partial charge in [0.25, 0.3) is 0 Å². The van der Waals surface area contributed by atoms with Crippen molar-refractivity contribution in [2.45, 2.75) is 6.42 Å². The molecule has 0 saturated heterocycles. The van der Waals surface area contributed by atoms with Crippen LogP contribution in [0.2, 0.25) is 0 Å². The summed E-state index contributed by atoms with van der Waals surface area (Å²) < 4.78 is 7.63. The molecule has 1 amide bonds. The Morgan fingerprint density at radius 3 is 2.46 bits per heavy atom. The molecule has 0 atom stereocenters. The molecule has 0 radical (unpaired) electrons. The van der Waals surface area contributed by atoms with E-state index in [1.807, 2.05) is 108 Å². The second-order valence-electron chi connectivity index (χ2n) is 9.01. The first kappa shape index (κ1) is 24.1. The number of hydrogen-bond acceptors (Lipinski definition) is 6. The van der Waals surface area contributed by atoms with Crippen molar-refractivity contribution >= 4 is 39.2 Å². The number of para-hydroxylation sites is 2. The lowest BCUT2D eigenvalue weighted by atomic mass is 10.1. The van der Waals surface area contributed by atoms with Crippen LogP contribution in [0.1, 0.15) is 5.56 Å². The molecule has 0 spiro atoms. The molecule has 0 unspecified atom stereocenters. The van der Waals surface area contributed by atoms with Crippen molar-refractivity contribution in [1.82, 2.24) is 25.1 Å². The SMILES string of the molecule is O=C(Cc1cn(-c2ccc(Nc3nccc4ccccc34)nn2)c2ccccc12)NCCOc1ccccc1. The maximum Gasteiger partial charge on any atom is 0.224 e. The van der Waals surface area contributed by atoms with Crippen molar-refractivity contribution in [3.05, 3.63) is 115 Å². The van der Waals surface area contributed by atoms with Crippen LogP contribution in [0.3, 0.4) is 0 Å². The summed E-state index contributed by atoms with van der Waals surface area (Å²) in [7, 11) is 0. The van der Waals surface area contributed by atoms with Crippen LogP contribution in [0.5, 0.6) is 5.75 Å². The first-order valence-corrected chi connectivity index (χ1v) is 12.7. The standard InChI is InChI=1S/C31H26N6O2/c38-30(32-18-19-39-24-9-2-1-3-10-24)20-23-21-37(27-13-7-6-11-25(23)27)29-15-14-28(35-36-29)34-31-26-12-5-4-8-22(26)16-17-33-31/h1-17,21H,18-20H2,(H,32,38)(H,33,34,35). The largest absolute Gasteiger partial charge is 0.492 e. The number of hydrogen-bond donors (Lipinski definition) is 2. The van der Waals surface area contributed by atoms with Gasteiger partial charge in [-0.3, -0.25) is 9.36 Å². The van der Waals surface area contributed by atoms with Crippen LogP contribution in [0.15, 0.2) is 109 Å². The van der Waals surface area contributed by atoms with Gasteiger partial charge in [0.05, 0.1) is 18.5 Å². The Labute approximate surface area is 225 Å². The summed E-state index contributed by atoms with van der Waals surface area (Å²) in [4.78, 5) is 17.2. The average molecular weight is 515 g/mol. The van der Waals surface area contributed by atoms with Gasteiger partial charge < -0.3 is 15.4 Å². The molecule has 0 aliphatic heterocycles. The number of amides is 1. The molecule has 8 heteroatoms. The molecule has 0 fully saturated rings. The molecule has 3 aromatic carbocycles. The highest BCUT2D eigenvalue weighted by Crippen LogP contribution is 2.26. The van der Waals surface area contributed by atoms with Crippen molar-refractivity contribution in [2.75, 3.05) is 18.5 Å². The summed E-state index contributed by atoms with van der Waals surface area (Å²) in [5, 5.41) is 18.2. The van der Waals surface area contributed by atoms with E-state index in [0.717, 1.165) is 38.8 Å². The van der Waals surface area contributed by atoms with Crippen LogP contribution in [0.25, 0.3) is 27.5 Å². The molecule has 3 aromatic heterocycles. The monoisotopic (exact) mass is 514 g/mol. The fraction of sp³-hybridized carbons (Fsp3) is 0.0968. The van der Waals surface area contributed by atoms with Crippen molar-refractivity contribution in [3.63, 3.8) is 0 Å². The minimum atomic E-state index is -0.0669. The van der Waals surface area contributed by atoms with Gasteiger partial charge in [-0.25, -0.2) is 4.98 Å². The predicted molar refractivity (Wildman–Crippen MR) is 153 cm³/mol. The Hall–Kier alpha value is -5.24. The number of anilines is 2. The molecule has 6 rings (SSSR count). The smallest absolute Gasteiger partial charge is 0.224 e. The van der Waals surface area contributed by atoms with Crippen LogP contribution >= 0.6 is 0 Å². The molecule has 6 aromatic rings. The fourth-order valence-corrected chi connectivity index (χ4v) is 4.55. The maximum atomic E-state index is 12.7. The molecule has 39 heavy (non-hydrogen) atoms. The van der Waals surface area contributed by atoms with Gasteiger partial charge in [-0.05, 0) is 47.3 Å². The number of rotatable bonds is 9. The van der Waals surface area contributed by atoms with E-state index in [1.165, 1.54) is 0 Å². The fourth-order valence-electron chi connectivity index (χ4n) is 4.55. The summed E-state index contributed by atoms with van der Waals surface area (Å²) >= 11 is 0. The van der Waals surface area contributed by atoms with Crippen LogP contribution in [0, 0.1) is 0 Å². The number of nitrogens with one attached hydrogen (secondary N) is 2.